The second-order valence-electron chi connectivity index (χ2n) is 11.5. The van der Waals surface area contributed by atoms with E-state index >= 15 is 0 Å². The van der Waals surface area contributed by atoms with E-state index in [1.165, 1.54) is 26.0 Å². The Morgan fingerprint density at radius 1 is 0.820 bits per heavy atom. The summed E-state index contributed by atoms with van der Waals surface area (Å²) >= 11 is 0. The number of carbonyl (C=O) groups is 2. The van der Waals surface area contributed by atoms with Gasteiger partial charge >= 0.3 is 47.7 Å². The predicted molar refractivity (Wildman–Crippen MR) is 144 cm³/mol. The largest absolute Gasteiger partial charge is 0.462 e. The number of nitrogens with zero attached hydrogens (tertiary/aromatic N) is 1. The van der Waals surface area contributed by atoms with Gasteiger partial charge in [0.2, 0.25) is 0 Å². The number of ether oxygens (including phenoxy) is 2. The smallest absolute Gasteiger partial charge is 0.460 e. The molecule has 1 aromatic carbocycles. The van der Waals surface area contributed by atoms with E-state index in [0.717, 1.165) is 25.0 Å². The number of esters is 2. The van der Waals surface area contributed by atoms with Crippen LogP contribution in [0.2, 0.25) is 0 Å². The molecule has 1 atom stereocenters. The number of alkyl halides is 13. The molecule has 21 heteroatoms. The zero-order chi connectivity index (χ0) is 38.3. The predicted octanol–water partition coefficient (Wildman–Crippen LogP) is 8.38. The number of allylic oxidation sites excluding steroid dienone is 2. The fourth-order valence-electron chi connectivity index (χ4n) is 5.40. The number of dihydropyridines is 1. The number of nitro groups is 1. The standard InChI is InChI=1S/C29H27F13N2O6/c1-14-19(21(16-7-5-8-17(13-16)44(47)48)20(15(2)43-14)23(46)50-18-9-3-4-10-18)22(45)49-12-6-11-24(30,31)25(32,33)26(34,35)27(36,37)28(38,39)29(40,41)42/h5,7-8,13,18,21,43H,3-4,6,9-12H2,1-2H3. The molecule has 0 bridgehead atoms. The average Bonchev–Trinajstić information content (AvgIpc) is 3.50. The van der Waals surface area contributed by atoms with Crippen LogP contribution in [0.25, 0.3) is 0 Å². The summed E-state index contributed by atoms with van der Waals surface area (Å²) in [7, 11) is 0. The first-order chi connectivity index (χ1) is 22.7. The normalized spacial score (nSPS) is 18.7. The molecule has 3 rings (SSSR count). The summed E-state index contributed by atoms with van der Waals surface area (Å²) in [6.45, 7) is 1.29. The number of halogens is 13. The van der Waals surface area contributed by atoms with Crippen molar-refractivity contribution in [2.24, 2.45) is 0 Å². The minimum absolute atomic E-state index is 0.0466. The molecule has 0 aromatic heterocycles. The Morgan fingerprint density at radius 2 is 1.34 bits per heavy atom. The van der Waals surface area contributed by atoms with E-state index in [1.807, 2.05) is 0 Å². The van der Waals surface area contributed by atoms with Crippen molar-refractivity contribution in [2.45, 2.75) is 100 Å². The van der Waals surface area contributed by atoms with Gasteiger partial charge in [-0.1, -0.05) is 12.1 Å². The van der Waals surface area contributed by atoms with Crippen LogP contribution in [0.3, 0.4) is 0 Å². The molecule has 0 radical (unpaired) electrons. The molecule has 8 nitrogen and oxygen atoms in total. The lowest BCUT2D eigenvalue weighted by Crippen LogP contribution is -2.70. The number of rotatable bonds is 13. The maximum atomic E-state index is 14.2. The third-order valence-electron chi connectivity index (χ3n) is 8.06. The molecule has 0 spiro atoms. The van der Waals surface area contributed by atoms with E-state index in [9.17, 15) is 76.8 Å². The SMILES string of the molecule is CC1=C(C(=O)OCCCC(F)(F)C(F)(F)C(F)(F)C(F)(F)C(F)(F)C(F)(F)F)C(c2cccc([N+](=O)[O-])c2)C(C(=O)OC2CCCC2)=C(C)N1. The fourth-order valence-corrected chi connectivity index (χ4v) is 5.40. The third kappa shape index (κ3) is 7.22. The molecule has 1 aliphatic heterocycles. The third-order valence-corrected chi connectivity index (χ3v) is 8.06. The summed E-state index contributed by atoms with van der Waals surface area (Å²) in [6, 6.07) is 4.55. The number of nitrogens with one attached hydrogen (secondary N) is 1. The zero-order valence-corrected chi connectivity index (χ0v) is 25.7. The van der Waals surface area contributed by atoms with Gasteiger partial charge in [-0.05, 0) is 51.5 Å². The van der Waals surface area contributed by atoms with Crippen molar-refractivity contribution >= 4 is 17.6 Å². The molecular weight excluding hydrogens is 719 g/mol. The van der Waals surface area contributed by atoms with E-state index in [-0.39, 0.29) is 22.5 Å². The molecule has 0 amide bonds. The van der Waals surface area contributed by atoms with Gasteiger partial charge in [-0.2, -0.15) is 57.1 Å². The first kappa shape index (κ1) is 40.4. The molecule has 1 N–H and O–H groups in total. The summed E-state index contributed by atoms with van der Waals surface area (Å²) in [6.07, 6.45) is -9.69. The van der Waals surface area contributed by atoms with Crippen LogP contribution in [0, 0.1) is 10.1 Å². The second-order valence-corrected chi connectivity index (χ2v) is 11.5. The number of benzene rings is 1. The van der Waals surface area contributed by atoms with Crippen molar-refractivity contribution in [3.8, 4) is 0 Å². The molecule has 2 aliphatic rings. The van der Waals surface area contributed by atoms with E-state index in [4.69, 9.17) is 9.47 Å². The minimum atomic E-state index is -8.04. The van der Waals surface area contributed by atoms with Gasteiger partial charge < -0.3 is 14.8 Å². The first-order valence-electron chi connectivity index (χ1n) is 14.5. The number of hydrogen-bond acceptors (Lipinski definition) is 7. The lowest BCUT2D eigenvalue weighted by Gasteiger charge is -2.39. The van der Waals surface area contributed by atoms with Crippen LogP contribution in [0.15, 0.2) is 46.8 Å². The maximum absolute atomic E-state index is 14.2. The molecule has 1 fully saturated rings. The Kier molecular flexibility index (Phi) is 11.2. The summed E-state index contributed by atoms with van der Waals surface area (Å²) in [5.74, 6) is -41.6. The lowest BCUT2D eigenvalue weighted by atomic mass is 9.80. The highest BCUT2D eigenvalue weighted by atomic mass is 19.4. The van der Waals surface area contributed by atoms with Gasteiger partial charge in [-0.3, -0.25) is 10.1 Å². The zero-order valence-electron chi connectivity index (χ0n) is 25.7. The highest BCUT2D eigenvalue weighted by molar-refractivity contribution is 6.00. The topological polar surface area (TPSA) is 108 Å². The highest BCUT2D eigenvalue weighted by Gasteiger charge is 2.90. The van der Waals surface area contributed by atoms with Gasteiger partial charge in [0.1, 0.15) is 6.10 Å². The van der Waals surface area contributed by atoms with E-state index < -0.39 is 95.4 Å². The van der Waals surface area contributed by atoms with Crippen LogP contribution in [-0.2, 0) is 19.1 Å². The van der Waals surface area contributed by atoms with Crippen molar-refractivity contribution in [1.82, 2.24) is 5.32 Å². The number of non-ortho nitro benzene ring substituents is 1. The quantitative estimate of drug-likeness (QED) is 0.0711. The molecule has 0 saturated heterocycles. The number of carbonyl (C=O) groups excluding carboxylic acids is 2. The van der Waals surface area contributed by atoms with Crippen LogP contribution in [0.5, 0.6) is 0 Å². The van der Waals surface area contributed by atoms with Crippen LogP contribution >= 0.6 is 0 Å². The molecular formula is C29H27F13N2O6. The Hall–Kier alpha value is -4.07. The van der Waals surface area contributed by atoms with Crippen molar-refractivity contribution in [3.63, 3.8) is 0 Å². The minimum Gasteiger partial charge on any atom is -0.462 e. The van der Waals surface area contributed by atoms with Crippen molar-refractivity contribution in [3.05, 3.63) is 62.5 Å². The first-order valence-corrected chi connectivity index (χ1v) is 14.5. The van der Waals surface area contributed by atoms with Gasteiger partial charge in [0.05, 0.1) is 28.6 Å². The van der Waals surface area contributed by atoms with E-state index in [2.05, 4.69) is 5.32 Å². The van der Waals surface area contributed by atoms with Crippen LogP contribution in [0.1, 0.15) is 63.9 Å². The molecule has 50 heavy (non-hydrogen) atoms. The van der Waals surface area contributed by atoms with Gasteiger partial charge in [0.15, 0.2) is 0 Å². The van der Waals surface area contributed by atoms with Crippen LogP contribution in [-0.4, -0.2) is 65.4 Å². The molecule has 1 saturated carbocycles. The Morgan fingerprint density at radius 3 is 1.86 bits per heavy atom. The molecule has 280 valence electrons. The monoisotopic (exact) mass is 746 g/mol. The van der Waals surface area contributed by atoms with Crippen molar-refractivity contribution in [2.75, 3.05) is 6.61 Å². The maximum Gasteiger partial charge on any atom is 0.460 e. The Bertz CT molecular complexity index is 1550. The van der Waals surface area contributed by atoms with Crippen molar-refractivity contribution in [1.29, 1.82) is 0 Å². The molecule has 1 aromatic rings. The molecule has 1 unspecified atom stereocenters. The summed E-state index contributed by atoms with van der Waals surface area (Å²) in [4.78, 5) is 37.3. The van der Waals surface area contributed by atoms with Crippen LogP contribution in [0.4, 0.5) is 62.8 Å². The van der Waals surface area contributed by atoms with Crippen LogP contribution < -0.4 is 5.32 Å². The van der Waals surface area contributed by atoms with Gasteiger partial charge in [-0.15, -0.1) is 0 Å². The number of hydrogen-bond donors (Lipinski definition) is 1. The average molecular weight is 747 g/mol. The highest BCUT2D eigenvalue weighted by Crippen LogP contribution is 2.60. The van der Waals surface area contributed by atoms with Gasteiger partial charge in [-0.25, -0.2) is 9.59 Å². The molecule has 1 heterocycles. The van der Waals surface area contributed by atoms with E-state index in [0.29, 0.717) is 12.8 Å². The summed E-state index contributed by atoms with van der Waals surface area (Å²) in [5.41, 5.74) is -1.20. The fraction of sp³-hybridized carbons (Fsp3) is 0.586. The summed E-state index contributed by atoms with van der Waals surface area (Å²) < 4.78 is 185. The van der Waals surface area contributed by atoms with Gasteiger partial charge in [0, 0.05) is 29.9 Å². The second kappa shape index (κ2) is 13.9. The number of nitro benzene ring substituents is 1. The van der Waals surface area contributed by atoms with E-state index in [1.54, 1.807) is 0 Å². The van der Waals surface area contributed by atoms with Gasteiger partial charge in [0.25, 0.3) is 5.69 Å². The Balaban J connectivity index is 1.86. The Labute approximate surface area is 273 Å². The molecule has 1 aliphatic carbocycles. The van der Waals surface area contributed by atoms with Crippen molar-refractivity contribution < 1.29 is 81.1 Å². The lowest BCUT2D eigenvalue weighted by molar-refractivity contribution is -0.440. The summed E-state index contributed by atoms with van der Waals surface area (Å²) in [5, 5.41) is 14.2.